The Labute approximate surface area is 116 Å². The summed E-state index contributed by atoms with van der Waals surface area (Å²) in [6.07, 6.45) is 0.759. The van der Waals surface area contributed by atoms with Crippen molar-refractivity contribution in [2.75, 3.05) is 0 Å². The Morgan fingerprint density at radius 1 is 1.06 bits per heavy atom. The molecule has 0 fully saturated rings. The molecule has 0 bridgehead atoms. The number of hydrogen-bond donors (Lipinski definition) is 0. The summed E-state index contributed by atoms with van der Waals surface area (Å²) in [4.78, 5) is 0. The first-order chi connectivity index (χ1) is 7.65. The van der Waals surface area contributed by atoms with Crippen LogP contribution in [0, 0.1) is 0 Å². The highest BCUT2D eigenvalue weighted by molar-refractivity contribution is 9.10. The van der Waals surface area contributed by atoms with Crippen molar-refractivity contribution < 1.29 is 4.42 Å². The van der Waals surface area contributed by atoms with Crippen LogP contribution in [-0.4, -0.2) is 0 Å². The summed E-state index contributed by atoms with van der Waals surface area (Å²) >= 11 is 12.9. The van der Waals surface area contributed by atoms with E-state index in [-0.39, 0.29) is 5.38 Å². The van der Waals surface area contributed by atoms with Crippen molar-refractivity contribution in [3.63, 3.8) is 0 Å². The minimum absolute atomic E-state index is 0.132. The fraction of sp³-hybridized carbons (Fsp3) is 0.167. The van der Waals surface area contributed by atoms with E-state index in [1.54, 1.807) is 0 Å². The van der Waals surface area contributed by atoms with E-state index in [9.17, 15) is 0 Å². The summed E-state index contributed by atoms with van der Waals surface area (Å²) in [6.45, 7) is 0. The van der Waals surface area contributed by atoms with Crippen LogP contribution in [0.1, 0.15) is 16.7 Å². The molecule has 2 rings (SSSR count). The Bertz CT molecular complexity index is 464. The first kappa shape index (κ1) is 12.2. The molecule has 16 heavy (non-hydrogen) atoms. The first-order valence-electron chi connectivity index (χ1n) is 4.79. The van der Waals surface area contributed by atoms with Crippen molar-refractivity contribution in [2.24, 2.45) is 0 Å². The summed E-state index contributed by atoms with van der Waals surface area (Å²) in [5.41, 5.74) is 1.19. The third-order valence-corrected chi connectivity index (χ3v) is 3.56. The zero-order valence-corrected chi connectivity index (χ0v) is 12.2. The summed E-state index contributed by atoms with van der Waals surface area (Å²) in [7, 11) is 0. The van der Waals surface area contributed by atoms with Gasteiger partial charge in [-0.25, -0.2) is 0 Å². The van der Waals surface area contributed by atoms with Crippen molar-refractivity contribution in [1.29, 1.82) is 0 Å². The van der Waals surface area contributed by atoms with Gasteiger partial charge in [0, 0.05) is 4.47 Å². The van der Waals surface area contributed by atoms with Gasteiger partial charge >= 0.3 is 0 Å². The molecule has 1 heterocycles. The number of benzene rings is 1. The third kappa shape index (κ3) is 3.12. The molecule has 1 atom stereocenters. The number of halogens is 3. The molecule has 0 amide bonds. The van der Waals surface area contributed by atoms with E-state index < -0.39 is 0 Å². The lowest BCUT2D eigenvalue weighted by atomic mass is 10.1. The van der Waals surface area contributed by atoms with Gasteiger partial charge in [0.25, 0.3) is 0 Å². The monoisotopic (exact) mass is 362 g/mol. The highest BCUT2D eigenvalue weighted by Crippen LogP contribution is 2.28. The van der Waals surface area contributed by atoms with Gasteiger partial charge in [0.05, 0.1) is 5.38 Å². The fourth-order valence-electron chi connectivity index (χ4n) is 1.42. The third-order valence-electron chi connectivity index (χ3n) is 2.23. The van der Waals surface area contributed by atoms with Gasteiger partial charge < -0.3 is 4.42 Å². The van der Waals surface area contributed by atoms with Crippen LogP contribution in [-0.2, 0) is 6.42 Å². The Balaban J connectivity index is 2.07. The Morgan fingerprint density at radius 2 is 1.75 bits per heavy atom. The average molecular weight is 364 g/mol. The van der Waals surface area contributed by atoms with Crippen molar-refractivity contribution in [1.82, 2.24) is 0 Å². The second-order valence-electron chi connectivity index (χ2n) is 3.44. The molecule has 0 spiro atoms. The Hall–Kier alpha value is -0.250. The lowest BCUT2D eigenvalue weighted by Gasteiger charge is -2.06. The standard InChI is InChI=1S/C12H9Br2ClO/c13-9-3-1-8(2-4-9)7-10(15)11-5-6-12(14)16-11/h1-6,10H,7H2. The molecule has 0 radical (unpaired) electrons. The van der Waals surface area contributed by atoms with E-state index in [2.05, 4.69) is 44.0 Å². The highest BCUT2D eigenvalue weighted by Gasteiger charge is 2.12. The van der Waals surface area contributed by atoms with Gasteiger partial charge in [0.15, 0.2) is 4.67 Å². The molecular weight excluding hydrogens is 355 g/mol. The normalized spacial score (nSPS) is 12.7. The van der Waals surface area contributed by atoms with Crippen molar-refractivity contribution in [3.05, 3.63) is 56.9 Å². The van der Waals surface area contributed by atoms with Gasteiger partial charge in [-0.3, -0.25) is 0 Å². The second-order valence-corrected chi connectivity index (χ2v) is 5.66. The van der Waals surface area contributed by atoms with Crippen LogP contribution in [0.4, 0.5) is 0 Å². The summed E-state index contributed by atoms with van der Waals surface area (Å²) < 4.78 is 7.20. The van der Waals surface area contributed by atoms with Gasteiger partial charge in [-0.2, -0.15) is 0 Å². The predicted octanol–water partition coefficient (Wildman–Crippen LogP) is 5.33. The van der Waals surface area contributed by atoms with Crippen LogP contribution in [0.5, 0.6) is 0 Å². The number of alkyl halides is 1. The van der Waals surface area contributed by atoms with Crippen LogP contribution >= 0.6 is 43.5 Å². The molecule has 84 valence electrons. The van der Waals surface area contributed by atoms with E-state index in [0.29, 0.717) is 4.67 Å². The van der Waals surface area contributed by atoms with Gasteiger partial charge in [0.1, 0.15) is 5.76 Å². The molecule has 1 aromatic carbocycles. The SMILES string of the molecule is ClC(Cc1ccc(Br)cc1)c1ccc(Br)o1. The minimum Gasteiger partial charge on any atom is -0.453 e. The minimum atomic E-state index is -0.132. The summed E-state index contributed by atoms with van der Waals surface area (Å²) in [5.74, 6) is 0.788. The van der Waals surface area contributed by atoms with Crippen LogP contribution in [0.3, 0.4) is 0 Å². The van der Waals surface area contributed by atoms with Crippen molar-refractivity contribution in [2.45, 2.75) is 11.8 Å². The van der Waals surface area contributed by atoms with E-state index in [0.717, 1.165) is 16.7 Å². The van der Waals surface area contributed by atoms with Crippen molar-refractivity contribution >= 4 is 43.5 Å². The molecule has 0 aliphatic rings. The molecule has 0 saturated heterocycles. The quantitative estimate of drug-likeness (QED) is 0.671. The van der Waals surface area contributed by atoms with E-state index >= 15 is 0 Å². The predicted molar refractivity (Wildman–Crippen MR) is 72.8 cm³/mol. The Morgan fingerprint density at radius 3 is 2.31 bits per heavy atom. The molecule has 0 aliphatic heterocycles. The maximum atomic E-state index is 6.27. The first-order valence-corrected chi connectivity index (χ1v) is 6.81. The number of furan rings is 1. The lowest BCUT2D eigenvalue weighted by molar-refractivity contribution is 0.481. The van der Waals surface area contributed by atoms with Gasteiger partial charge in [-0.15, -0.1) is 11.6 Å². The fourth-order valence-corrected chi connectivity index (χ4v) is 2.30. The van der Waals surface area contributed by atoms with Crippen LogP contribution < -0.4 is 0 Å². The number of rotatable bonds is 3. The number of hydrogen-bond acceptors (Lipinski definition) is 1. The smallest absolute Gasteiger partial charge is 0.169 e. The molecule has 0 aliphatic carbocycles. The molecule has 0 N–H and O–H groups in total. The van der Waals surface area contributed by atoms with Crippen LogP contribution in [0.25, 0.3) is 0 Å². The molecule has 1 nitrogen and oxygen atoms in total. The topological polar surface area (TPSA) is 13.1 Å². The van der Waals surface area contributed by atoms with Crippen LogP contribution in [0.15, 0.2) is 50.0 Å². The largest absolute Gasteiger partial charge is 0.453 e. The molecular formula is C12H9Br2ClO. The van der Waals surface area contributed by atoms with Crippen LogP contribution in [0.2, 0.25) is 0 Å². The molecule has 2 aromatic rings. The van der Waals surface area contributed by atoms with Gasteiger partial charge in [-0.05, 0) is 52.2 Å². The molecule has 1 aromatic heterocycles. The van der Waals surface area contributed by atoms with Gasteiger partial charge in [-0.1, -0.05) is 28.1 Å². The summed E-state index contributed by atoms with van der Waals surface area (Å²) in [5, 5.41) is -0.132. The zero-order valence-electron chi connectivity index (χ0n) is 8.29. The van der Waals surface area contributed by atoms with E-state index in [1.807, 2.05) is 24.3 Å². The highest BCUT2D eigenvalue weighted by atomic mass is 79.9. The molecule has 4 heteroatoms. The van der Waals surface area contributed by atoms with Gasteiger partial charge in [0.2, 0.25) is 0 Å². The maximum absolute atomic E-state index is 6.27. The van der Waals surface area contributed by atoms with Crippen molar-refractivity contribution in [3.8, 4) is 0 Å². The zero-order chi connectivity index (χ0) is 11.5. The van der Waals surface area contributed by atoms with E-state index in [1.165, 1.54) is 5.56 Å². The van der Waals surface area contributed by atoms with E-state index in [4.69, 9.17) is 16.0 Å². The Kier molecular flexibility index (Phi) is 4.11. The molecule has 1 unspecified atom stereocenters. The lowest BCUT2D eigenvalue weighted by Crippen LogP contribution is -1.93. The second kappa shape index (κ2) is 5.39. The summed E-state index contributed by atoms with van der Waals surface area (Å²) in [6, 6.07) is 11.9. The maximum Gasteiger partial charge on any atom is 0.169 e. The average Bonchev–Trinajstić information content (AvgIpc) is 2.68. The molecule has 0 saturated carbocycles.